The Morgan fingerprint density at radius 3 is 2.38 bits per heavy atom. The number of fused-ring (bicyclic) bond motifs is 1. The normalized spacial score (nSPS) is 11.6. The van der Waals surface area contributed by atoms with Crippen molar-refractivity contribution < 1.29 is 0 Å². The van der Waals surface area contributed by atoms with E-state index in [1.54, 1.807) is 0 Å². The second-order valence-electron chi connectivity index (χ2n) is 4.86. The molecule has 84 valence electrons. The van der Waals surface area contributed by atoms with Gasteiger partial charge in [-0.25, -0.2) is 9.97 Å². The lowest BCUT2D eigenvalue weighted by Gasteiger charge is -2.08. The maximum atomic E-state index is 4.61. The van der Waals surface area contributed by atoms with Crippen molar-refractivity contribution in [3.63, 3.8) is 0 Å². The summed E-state index contributed by atoms with van der Waals surface area (Å²) in [7, 11) is 0. The van der Waals surface area contributed by atoms with E-state index in [1.807, 2.05) is 6.20 Å². The largest absolute Gasteiger partial charge is 0.240 e. The molecule has 2 nitrogen and oxygen atoms in total. The summed E-state index contributed by atoms with van der Waals surface area (Å²) in [6.07, 6.45) is 1.92. The molecule has 0 fully saturated rings. The SMILES string of the molecule is CC(C)c1ccc2cnc(C(C)C)nc2c1. The third kappa shape index (κ3) is 2.06. The summed E-state index contributed by atoms with van der Waals surface area (Å²) < 4.78 is 0. The van der Waals surface area contributed by atoms with Crippen LogP contribution in [0.15, 0.2) is 24.4 Å². The number of hydrogen-bond donors (Lipinski definition) is 0. The predicted octanol–water partition coefficient (Wildman–Crippen LogP) is 3.88. The second kappa shape index (κ2) is 4.20. The van der Waals surface area contributed by atoms with Crippen LogP contribution in [0.25, 0.3) is 10.9 Å². The molecule has 0 aliphatic carbocycles. The van der Waals surface area contributed by atoms with Crippen LogP contribution >= 0.6 is 0 Å². The molecule has 0 radical (unpaired) electrons. The molecule has 1 aromatic carbocycles. The van der Waals surface area contributed by atoms with Gasteiger partial charge in [-0.2, -0.15) is 0 Å². The maximum absolute atomic E-state index is 4.61. The van der Waals surface area contributed by atoms with Crippen molar-refractivity contribution in [2.45, 2.75) is 39.5 Å². The molecule has 0 atom stereocenters. The molecule has 0 amide bonds. The number of aromatic nitrogens is 2. The van der Waals surface area contributed by atoms with Gasteiger partial charge in [0.25, 0.3) is 0 Å². The third-order valence-electron chi connectivity index (χ3n) is 2.81. The van der Waals surface area contributed by atoms with Crippen molar-refractivity contribution in [1.29, 1.82) is 0 Å². The number of nitrogens with zero attached hydrogens (tertiary/aromatic N) is 2. The average Bonchev–Trinajstić information content (AvgIpc) is 2.27. The van der Waals surface area contributed by atoms with Gasteiger partial charge in [0.2, 0.25) is 0 Å². The molecule has 2 aromatic rings. The summed E-state index contributed by atoms with van der Waals surface area (Å²) in [5.74, 6) is 1.85. The average molecular weight is 214 g/mol. The van der Waals surface area contributed by atoms with Crippen LogP contribution in [0.2, 0.25) is 0 Å². The Labute approximate surface area is 96.7 Å². The van der Waals surface area contributed by atoms with Crippen LogP contribution < -0.4 is 0 Å². The highest BCUT2D eigenvalue weighted by atomic mass is 14.9. The van der Waals surface area contributed by atoms with Gasteiger partial charge >= 0.3 is 0 Å². The minimum Gasteiger partial charge on any atom is -0.240 e. The van der Waals surface area contributed by atoms with E-state index in [-0.39, 0.29) is 0 Å². The summed E-state index contributed by atoms with van der Waals surface area (Å²) in [5, 5.41) is 1.12. The van der Waals surface area contributed by atoms with Crippen molar-refractivity contribution in [3.05, 3.63) is 35.8 Å². The summed E-state index contributed by atoms with van der Waals surface area (Å²) in [6, 6.07) is 6.44. The van der Waals surface area contributed by atoms with Gasteiger partial charge < -0.3 is 0 Å². The van der Waals surface area contributed by atoms with Crippen molar-refractivity contribution in [1.82, 2.24) is 9.97 Å². The highest BCUT2D eigenvalue weighted by Crippen LogP contribution is 2.20. The minimum absolute atomic E-state index is 0.382. The van der Waals surface area contributed by atoms with E-state index in [0.29, 0.717) is 11.8 Å². The first-order valence-corrected chi connectivity index (χ1v) is 5.84. The van der Waals surface area contributed by atoms with Crippen LogP contribution in [0.3, 0.4) is 0 Å². The second-order valence-corrected chi connectivity index (χ2v) is 4.86. The fourth-order valence-corrected chi connectivity index (χ4v) is 1.69. The topological polar surface area (TPSA) is 25.8 Å². The molecule has 0 aliphatic heterocycles. The van der Waals surface area contributed by atoms with Crippen molar-refractivity contribution >= 4 is 10.9 Å². The molecule has 0 saturated heterocycles. The van der Waals surface area contributed by atoms with E-state index in [9.17, 15) is 0 Å². The Kier molecular flexibility index (Phi) is 2.90. The third-order valence-corrected chi connectivity index (χ3v) is 2.81. The summed E-state index contributed by atoms with van der Waals surface area (Å²) in [5.41, 5.74) is 2.39. The van der Waals surface area contributed by atoms with E-state index in [2.05, 4.69) is 55.9 Å². The zero-order chi connectivity index (χ0) is 11.7. The Morgan fingerprint density at radius 2 is 1.75 bits per heavy atom. The zero-order valence-corrected chi connectivity index (χ0v) is 10.4. The Bertz CT molecular complexity index is 458. The molecule has 0 saturated carbocycles. The Balaban J connectivity index is 2.56. The minimum atomic E-state index is 0.382. The van der Waals surface area contributed by atoms with Crippen molar-refractivity contribution in [2.75, 3.05) is 0 Å². The van der Waals surface area contributed by atoms with Crippen molar-refractivity contribution in [3.8, 4) is 0 Å². The van der Waals surface area contributed by atoms with Crippen LogP contribution in [-0.2, 0) is 0 Å². The molecule has 16 heavy (non-hydrogen) atoms. The molecule has 1 aromatic heterocycles. The molecule has 2 heteroatoms. The number of rotatable bonds is 2. The molecule has 0 aliphatic rings. The van der Waals surface area contributed by atoms with Gasteiger partial charge in [-0.3, -0.25) is 0 Å². The highest BCUT2D eigenvalue weighted by molar-refractivity contribution is 5.78. The van der Waals surface area contributed by atoms with Crippen LogP contribution in [0.5, 0.6) is 0 Å². The summed E-state index contributed by atoms with van der Waals surface area (Å²) in [6.45, 7) is 8.64. The lowest BCUT2D eigenvalue weighted by atomic mass is 10.0. The molecule has 0 bridgehead atoms. The van der Waals surface area contributed by atoms with Gasteiger partial charge in [0.05, 0.1) is 5.52 Å². The van der Waals surface area contributed by atoms with Crippen molar-refractivity contribution in [2.24, 2.45) is 0 Å². The van der Waals surface area contributed by atoms with Gasteiger partial charge in [-0.15, -0.1) is 0 Å². The Hall–Kier alpha value is -1.44. The van der Waals surface area contributed by atoms with E-state index >= 15 is 0 Å². The summed E-state index contributed by atoms with van der Waals surface area (Å²) in [4.78, 5) is 8.98. The van der Waals surface area contributed by atoms with Crippen LogP contribution in [0.1, 0.15) is 50.9 Å². The standard InChI is InChI=1S/C14H18N2/c1-9(2)11-5-6-12-8-15-14(10(3)4)16-13(12)7-11/h5-10H,1-4H3. The van der Waals surface area contributed by atoms with Crippen LogP contribution in [0, 0.1) is 0 Å². The predicted molar refractivity (Wildman–Crippen MR) is 67.7 cm³/mol. The van der Waals surface area contributed by atoms with Gasteiger partial charge in [-0.1, -0.05) is 39.8 Å². The van der Waals surface area contributed by atoms with Crippen LogP contribution in [0.4, 0.5) is 0 Å². The monoisotopic (exact) mass is 214 g/mol. The van der Waals surface area contributed by atoms with E-state index < -0.39 is 0 Å². The van der Waals surface area contributed by atoms with E-state index in [0.717, 1.165) is 16.7 Å². The van der Waals surface area contributed by atoms with E-state index in [1.165, 1.54) is 5.56 Å². The molecular weight excluding hydrogens is 196 g/mol. The molecule has 0 N–H and O–H groups in total. The first-order chi connectivity index (χ1) is 7.58. The van der Waals surface area contributed by atoms with Gasteiger partial charge in [0.15, 0.2) is 0 Å². The highest BCUT2D eigenvalue weighted by Gasteiger charge is 2.06. The van der Waals surface area contributed by atoms with Crippen LogP contribution in [-0.4, -0.2) is 9.97 Å². The first kappa shape index (κ1) is 11.1. The fourth-order valence-electron chi connectivity index (χ4n) is 1.69. The molecular formula is C14H18N2. The number of hydrogen-bond acceptors (Lipinski definition) is 2. The summed E-state index contributed by atoms with van der Waals surface area (Å²) >= 11 is 0. The smallest absolute Gasteiger partial charge is 0.131 e. The van der Waals surface area contributed by atoms with Gasteiger partial charge in [-0.05, 0) is 17.5 Å². The molecule has 0 unspecified atom stereocenters. The molecule has 0 spiro atoms. The zero-order valence-electron chi connectivity index (χ0n) is 10.4. The quantitative estimate of drug-likeness (QED) is 0.758. The van der Waals surface area contributed by atoms with E-state index in [4.69, 9.17) is 0 Å². The molecule has 1 heterocycles. The van der Waals surface area contributed by atoms with Gasteiger partial charge in [0, 0.05) is 17.5 Å². The fraction of sp³-hybridized carbons (Fsp3) is 0.429. The van der Waals surface area contributed by atoms with Gasteiger partial charge in [0.1, 0.15) is 5.82 Å². The Morgan fingerprint density at radius 1 is 1.00 bits per heavy atom. The lowest BCUT2D eigenvalue weighted by molar-refractivity contribution is 0.782. The maximum Gasteiger partial charge on any atom is 0.131 e. The lowest BCUT2D eigenvalue weighted by Crippen LogP contribution is -1.97. The number of benzene rings is 1. The first-order valence-electron chi connectivity index (χ1n) is 5.84. The molecule has 2 rings (SSSR count).